The summed E-state index contributed by atoms with van der Waals surface area (Å²) in [6.07, 6.45) is 3.22. The zero-order chi connectivity index (χ0) is 22.5. The number of hydrogen-bond donors (Lipinski definition) is 5. The van der Waals surface area contributed by atoms with E-state index in [2.05, 4.69) is 25.8 Å². The van der Waals surface area contributed by atoms with Gasteiger partial charge in [0.1, 0.15) is 0 Å². The summed E-state index contributed by atoms with van der Waals surface area (Å²) in [5.41, 5.74) is 14.6. The molecule has 4 aromatic rings. The number of nitrogens with zero attached hydrogens (tertiary/aromatic N) is 3. The summed E-state index contributed by atoms with van der Waals surface area (Å²) in [5, 5.41) is 19.7. The van der Waals surface area contributed by atoms with Crippen LogP contribution in [0.4, 0.5) is 17.3 Å². The first-order chi connectivity index (χ1) is 15.6. The van der Waals surface area contributed by atoms with Crippen molar-refractivity contribution in [2.24, 2.45) is 16.6 Å². The van der Waals surface area contributed by atoms with E-state index in [0.29, 0.717) is 35.0 Å². The number of amides is 1. The Morgan fingerprint density at radius 2 is 1.75 bits per heavy atom. The van der Waals surface area contributed by atoms with Gasteiger partial charge in [-0.05, 0) is 47.3 Å². The number of hydrogen-bond acceptors (Lipinski definition) is 7. The van der Waals surface area contributed by atoms with Crippen LogP contribution in [0.15, 0.2) is 78.2 Å². The van der Waals surface area contributed by atoms with Gasteiger partial charge in [-0.1, -0.05) is 29.4 Å². The Labute approximate surface area is 183 Å². The normalized spacial score (nSPS) is 11.3. The summed E-state index contributed by atoms with van der Waals surface area (Å²) in [6, 6.07) is 17.8. The number of amidine groups is 1. The fraction of sp³-hybridized carbons (Fsp3) is 0.0435. The van der Waals surface area contributed by atoms with Crippen LogP contribution in [-0.2, 0) is 6.54 Å². The molecule has 0 aliphatic rings. The van der Waals surface area contributed by atoms with Gasteiger partial charge in [-0.25, -0.2) is 9.97 Å². The van der Waals surface area contributed by atoms with Crippen LogP contribution < -0.4 is 22.1 Å². The molecule has 0 aliphatic carbocycles. The number of nitrogens with one attached hydrogen (secondary N) is 2. The van der Waals surface area contributed by atoms with Crippen molar-refractivity contribution in [1.82, 2.24) is 9.97 Å². The van der Waals surface area contributed by atoms with Gasteiger partial charge >= 0.3 is 0 Å². The highest BCUT2D eigenvalue weighted by Crippen LogP contribution is 2.29. The van der Waals surface area contributed by atoms with Crippen LogP contribution in [0.3, 0.4) is 0 Å². The number of aromatic nitrogens is 2. The first-order valence-electron chi connectivity index (χ1n) is 9.77. The lowest BCUT2D eigenvalue weighted by molar-refractivity contribution is 0.102. The van der Waals surface area contributed by atoms with Crippen LogP contribution in [0.25, 0.3) is 10.8 Å². The average molecular weight is 427 g/mol. The predicted molar refractivity (Wildman–Crippen MR) is 124 cm³/mol. The van der Waals surface area contributed by atoms with E-state index >= 15 is 0 Å². The van der Waals surface area contributed by atoms with E-state index in [1.165, 1.54) is 0 Å². The van der Waals surface area contributed by atoms with Crippen LogP contribution in [0.2, 0.25) is 0 Å². The highest BCUT2D eigenvalue weighted by Gasteiger charge is 2.13. The zero-order valence-electron chi connectivity index (χ0n) is 17.0. The van der Waals surface area contributed by atoms with Crippen molar-refractivity contribution in [2.45, 2.75) is 6.54 Å². The number of carbonyl (C=O) groups is 1. The number of carbonyl (C=O) groups excluding carboxylic acids is 1. The van der Waals surface area contributed by atoms with Crippen molar-refractivity contribution in [3.63, 3.8) is 0 Å². The Morgan fingerprint density at radius 3 is 2.44 bits per heavy atom. The summed E-state index contributed by atoms with van der Waals surface area (Å²) in [6.45, 7) is 0.434. The quantitative estimate of drug-likeness (QED) is 0.137. The monoisotopic (exact) mass is 427 g/mol. The number of anilines is 3. The lowest BCUT2D eigenvalue weighted by Crippen LogP contribution is -2.14. The minimum atomic E-state index is -0.273. The molecule has 0 spiro atoms. The first-order valence-corrected chi connectivity index (χ1v) is 9.77. The molecule has 32 heavy (non-hydrogen) atoms. The molecular weight excluding hydrogens is 406 g/mol. The molecular formula is C23H21N7O2. The van der Waals surface area contributed by atoms with E-state index < -0.39 is 0 Å². The smallest absolute Gasteiger partial charge is 0.255 e. The fourth-order valence-electron chi connectivity index (χ4n) is 3.22. The van der Waals surface area contributed by atoms with Gasteiger partial charge in [0.05, 0.1) is 0 Å². The van der Waals surface area contributed by atoms with Gasteiger partial charge in [0.2, 0.25) is 5.95 Å². The van der Waals surface area contributed by atoms with Gasteiger partial charge in [0, 0.05) is 46.8 Å². The highest BCUT2D eigenvalue weighted by molar-refractivity contribution is 6.10. The SMILES string of the molecule is NCc1ccc(NC(=O)c2cc(Nc3ncccn3)c3cc(/C(N)=N/O)ccc3c2)cc1. The van der Waals surface area contributed by atoms with E-state index in [1.54, 1.807) is 60.9 Å². The second kappa shape index (κ2) is 9.11. The second-order valence-corrected chi connectivity index (χ2v) is 7.00. The van der Waals surface area contributed by atoms with Gasteiger partial charge in [-0.15, -0.1) is 0 Å². The van der Waals surface area contributed by atoms with Crippen molar-refractivity contribution >= 4 is 39.8 Å². The Balaban J connectivity index is 1.74. The topological polar surface area (TPSA) is 152 Å². The fourth-order valence-corrected chi connectivity index (χ4v) is 3.22. The highest BCUT2D eigenvalue weighted by atomic mass is 16.4. The van der Waals surface area contributed by atoms with Crippen molar-refractivity contribution < 1.29 is 10.0 Å². The molecule has 0 bridgehead atoms. The molecule has 0 saturated heterocycles. The largest absolute Gasteiger partial charge is 0.409 e. The number of nitrogens with two attached hydrogens (primary N) is 2. The molecule has 1 aromatic heterocycles. The molecule has 0 radical (unpaired) electrons. The lowest BCUT2D eigenvalue weighted by atomic mass is 10.0. The maximum absolute atomic E-state index is 13.0. The predicted octanol–water partition coefficient (Wildman–Crippen LogP) is 3.18. The maximum atomic E-state index is 13.0. The Kier molecular flexibility index (Phi) is 5.91. The summed E-state index contributed by atoms with van der Waals surface area (Å²) < 4.78 is 0. The number of rotatable bonds is 6. The Hall–Kier alpha value is -4.50. The van der Waals surface area contributed by atoms with E-state index in [0.717, 1.165) is 16.3 Å². The van der Waals surface area contributed by atoms with Crippen LogP contribution >= 0.6 is 0 Å². The standard InChI is InChI=1S/C23H21N7O2/c24-13-14-2-6-18(7-3-14)28-22(31)17-10-15-4-5-16(21(25)30-32)11-19(15)20(12-17)29-23-26-8-1-9-27-23/h1-12,32H,13,24H2,(H2,25,30)(H,28,31)(H,26,27,29). The molecule has 3 aromatic carbocycles. The summed E-state index contributed by atoms with van der Waals surface area (Å²) in [7, 11) is 0. The molecule has 9 nitrogen and oxygen atoms in total. The third-order valence-electron chi connectivity index (χ3n) is 4.88. The van der Waals surface area contributed by atoms with Gasteiger partial charge in [0.15, 0.2) is 5.84 Å². The van der Waals surface area contributed by atoms with E-state index in [-0.39, 0.29) is 11.7 Å². The van der Waals surface area contributed by atoms with Crippen molar-refractivity contribution in [1.29, 1.82) is 0 Å². The molecule has 7 N–H and O–H groups in total. The maximum Gasteiger partial charge on any atom is 0.255 e. The molecule has 160 valence electrons. The second-order valence-electron chi connectivity index (χ2n) is 7.00. The molecule has 0 aliphatic heterocycles. The molecule has 0 unspecified atom stereocenters. The molecule has 0 fully saturated rings. The minimum absolute atomic E-state index is 0.0171. The lowest BCUT2D eigenvalue weighted by Gasteiger charge is -2.13. The van der Waals surface area contributed by atoms with Crippen molar-refractivity contribution in [3.8, 4) is 0 Å². The summed E-state index contributed by atoms with van der Waals surface area (Å²) in [5.74, 6) is 0.0828. The number of fused-ring (bicyclic) bond motifs is 1. The van der Waals surface area contributed by atoms with E-state index in [4.69, 9.17) is 16.7 Å². The molecule has 0 atom stereocenters. The molecule has 9 heteroatoms. The van der Waals surface area contributed by atoms with Crippen LogP contribution in [0, 0.1) is 0 Å². The molecule has 4 rings (SSSR count). The van der Waals surface area contributed by atoms with Crippen LogP contribution in [0.1, 0.15) is 21.5 Å². The zero-order valence-corrected chi connectivity index (χ0v) is 17.0. The van der Waals surface area contributed by atoms with E-state index in [9.17, 15) is 4.79 Å². The number of oxime groups is 1. The van der Waals surface area contributed by atoms with Crippen LogP contribution in [-0.4, -0.2) is 26.9 Å². The molecule has 0 saturated carbocycles. The first kappa shape index (κ1) is 20.8. The van der Waals surface area contributed by atoms with Gasteiger partial charge in [0.25, 0.3) is 5.91 Å². The molecule has 1 amide bonds. The van der Waals surface area contributed by atoms with Gasteiger partial charge in [-0.3, -0.25) is 4.79 Å². The molecule has 1 heterocycles. The van der Waals surface area contributed by atoms with Crippen molar-refractivity contribution in [2.75, 3.05) is 10.6 Å². The average Bonchev–Trinajstić information content (AvgIpc) is 2.84. The van der Waals surface area contributed by atoms with Gasteiger partial charge in [-0.2, -0.15) is 0 Å². The van der Waals surface area contributed by atoms with Crippen molar-refractivity contribution in [3.05, 3.63) is 89.7 Å². The Bertz CT molecular complexity index is 1290. The third kappa shape index (κ3) is 4.47. The van der Waals surface area contributed by atoms with E-state index in [1.807, 2.05) is 12.1 Å². The number of benzene rings is 3. The Morgan fingerprint density at radius 1 is 1.00 bits per heavy atom. The third-order valence-corrected chi connectivity index (χ3v) is 4.88. The minimum Gasteiger partial charge on any atom is -0.409 e. The summed E-state index contributed by atoms with van der Waals surface area (Å²) in [4.78, 5) is 21.4. The van der Waals surface area contributed by atoms with Crippen LogP contribution in [0.5, 0.6) is 0 Å². The van der Waals surface area contributed by atoms with Gasteiger partial charge < -0.3 is 27.3 Å². The summed E-state index contributed by atoms with van der Waals surface area (Å²) >= 11 is 0.